The van der Waals surface area contributed by atoms with Gasteiger partial charge in [-0.25, -0.2) is 0 Å². The van der Waals surface area contributed by atoms with Crippen LogP contribution in [0.1, 0.15) is 39.0 Å². The molecule has 10 heavy (non-hydrogen) atoms. The van der Waals surface area contributed by atoms with E-state index in [2.05, 4.69) is 6.92 Å². The van der Waals surface area contributed by atoms with Crippen molar-refractivity contribution in [3.8, 4) is 0 Å². The van der Waals surface area contributed by atoms with Crippen LogP contribution in [0.4, 0.5) is 0 Å². The standard InChI is InChI=1S/C9H17O/c1-3-10-9(2)7-5-4-6-8-9/h2-8H2,1H3. The first-order chi connectivity index (χ1) is 4.77. The molecule has 1 saturated carbocycles. The van der Waals surface area contributed by atoms with E-state index in [1.54, 1.807) is 0 Å². The molecule has 1 nitrogen and oxygen atoms in total. The highest BCUT2D eigenvalue weighted by Crippen LogP contribution is 2.30. The van der Waals surface area contributed by atoms with E-state index in [4.69, 9.17) is 4.74 Å². The number of hydrogen-bond acceptors (Lipinski definition) is 1. The van der Waals surface area contributed by atoms with Crippen LogP contribution in [-0.2, 0) is 4.74 Å². The third-order valence-corrected chi connectivity index (χ3v) is 2.22. The normalized spacial score (nSPS) is 24.6. The largest absolute Gasteiger partial charge is 0.375 e. The molecular formula is C9H17O. The molecule has 0 amide bonds. The van der Waals surface area contributed by atoms with E-state index in [9.17, 15) is 0 Å². The molecule has 1 aliphatic carbocycles. The second kappa shape index (κ2) is 3.38. The summed E-state index contributed by atoms with van der Waals surface area (Å²) in [5, 5.41) is 0. The Balaban J connectivity index is 2.32. The van der Waals surface area contributed by atoms with Crippen molar-refractivity contribution in [1.29, 1.82) is 0 Å². The van der Waals surface area contributed by atoms with Gasteiger partial charge in [-0.05, 0) is 26.7 Å². The van der Waals surface area contributed by atoms with E-state index in [-0.39, 0.29) is 5.60 Å². The molecule has 1 rings (SSSR count). The van der Waals surface area contributed by atoms with Gasteiger partial charge in [0.1, 0.15) is 0 Å². The van der Waals surface area contributed by atoms with E-state index in [1.165, 1.54) is 19.3 Å². The molecule has 0 saturated heterocycles. The maximum atomic E-state index is 5.56. The van der Waals surface area contributed by atoms with E-state index < -0.39 is 0 Å². The maximum absolute atomic E-state index is 5.56. The highest BCUT2D eigenvalue weighted by Gasteiger charge is 2.26. The lowest BCUT2D eigenvalue weighted by atomic mass is 9.86. The van der Waals surface area contributed by atoms with Crippen LogP contribution in [0.3, 0.4) is 0 Å². The lowest BCUT2D eigenvalue weighted by Crippen LogP contribution is -2.31. The molecule has 1 heteroatoms. The molecule has 0 N–H and O–H groups in total. The van der Waals surface area contributed by atoms with Gasteiger partial charge in [-0.3, -0.25) is 0 Å². The third kappa shape index (κ3) is 1.98. The predicted octanol–water partition coefficient (Wildman–Crippen LogP) is 2.56. The van der Waals surface area contributed by atoms with Crippen molar-refractivity contribution >= 4 is 0 Å². The van der Waals surface area contributed by atoms with Gasteiger partial charge in [-0.2, -0.15) is 0 Å². The van der Waals surface area contributed by atoms with Gasteiger partial charge in [-0.15, -0.1) is 0 Å². The van der Waals surface area contributed by atoms with Crippen molar-refractivity contribution in [2.75, 3.05) is 6.61 Å². The molecule has 0 aromatic rings. The molecule has 0 heterocycles. The van der Waals surface area contributed by atoms with Crippen molar-refractivity contribution in [1.82, 2.24) is 0 Å². The molecule has 59 valence electrons. The molecule has 0 bridgehead atoms. The van der Waals surface area contributed by atoms with Crippen molar-refractivity contribution in [3.05, 3.63) is 6.92 Å². The summed E-state index contributed by atoms with van der Waals surface area (Å²) in [5.74, 6) is 0. The van der Waals surface area contributed by atoms with Gasteiger partial charge < -0.3 is 4.74 Å². The van der Waals surface area contributed by atoms with Crippen LogP contribution in [0.15, 0.2) is 0 Å². The monoisotopic (exact) mass is 141 g/mol. The quantitative estimate of drug-likeness (QED) is 0.574. The Hall–Kier alpha value is -0.0400. The first kappa shape index (κ1) is 8.06. The zero-order chi connectivity index (χ0) is 7.45. The van der Waals surface area contributed by atoms with Gasteiger partial charge in [0, 0.05) is 6.61 Å². The lowest BCUT2D eigenvalue weighted by molar-refractivity contribution is -0.0291. The summed E-state index contributed by atoms with van der Waals surface area (Å²) in [5.41, 5.74) is -0.0208. The predicted molar refractivity (Wildman–Crippen MR) is 42.8 cm³/mol. The van der Waals surface area contributed by atoms with Gasteiger partial charge in [-0.1, -0.05) is 19.3 Å². The maximum Gasteiger partial charge on any atom is 0.0683 e. The molecule has 0 atom stereocenters. The molecule has 0 unspecified atom stereocenters. The summed E-state index contributed by atoms with van der Waals surface area (Å²) < 4.78 is 5.56. The summed E-state index contributed by atoms with van der Waals surface area (Å²) in [4.78, 5) is 0. The second-order valence-electron chi connectivity index (χ2n) is 3.18. The van der Waals surface area contributed by atoms with Gasteiger partial charge in [0.15, 0.2) is 0 Å². The summed E-state index contributed by atoms with van der Waals surface area (Å²) in [6, 6.07) is 0. The van der Waals surface area contributed by atoms with Crippen LogP contribution in [0.25, 0.3) is 0 Å². The van der Waals surface area contributed by atoms with Crippen LogP contribution < -0.4 is 0 Å². The number of ether oxygens (including phenoxy) is 1. The van der Waals surface area contributed by atoms with E-state index >= 15 is 0 Å². The third-order valence-electron chi connectivity index (χ3n) is 2.22. The van der Waals surface area contributed by atoms with Crippen molar-refractivity contribution < 1.29 is 4.74 Å². The summed E-state index contributed by atoms with van der Waals surface area (Å²) >= 11 is 0. The summed E-state index contributed by atoms with van der Waals surface area (Å²) in [6.45, 7) is 6.95. The number of rotatable bonds is 2. The molecule has 0 aromatic carbocycles. The highest BCUT2D eigenvalue weighted by molar-refractivity contribution is 4.86. The van der Waals surface area contributed by atoms with Crippen LogP contribution in [0.2, 0.25) is 0 Å². The SMILES string of the molecule is [CH2]C1(OCC)CCCCC1. The van der Waals surface area contributed by atoms with Crippen molar-refractivity contribution in [2.24, 2.45) is 0 Å². The molecule has 0 spiro atoms. The lowest BCUT2D eigenvalue weighted by Gasteiger charge is -2.32. The fourth-order valence-corrected chi connectivity index (χ4v) is 1.65. The van der Waals surface area contributed by atoms with Gasteiger partial charge >= 0.3 is 0 Å². The average molecular weight is 141 g/mol. The Labute approximate surface area is 63.8 Å². The zero-order valence-electron chi connectivity index (χ0n) is 6.86. The van der Waals surface area contributed by atoms with Gasteiger partial charge in [0.05, 0.1) is 5.60 Å². The smallest absolute Gasteiger partial charge is 0.0683 e. The number of hydrogen-bond donors (Lipinski definition) is 0. The second-order valence-corrected chi connectivity index (χ2v) is 3.18. The van der Waals surface area contributed by atoms with E-state index in [0.29, 0.717) is 0 Å². The first-order valence-electron chi connectivity index (χ1n) is 4.26. The van der Waals surface area contributed by atoms with Gasteiger partial charge in [0.25, 0.3) is 0 Å². The average Bonchev–Trinajstić information content (AvgIpc) is 1.89. The zero-order valence-corrected chi connectivity index (χ0v) is 6.86. The minimum atomic E-state index is -0.0208. The molecule has 1 aliphatic rings. The first-order valence-corrected chi connectivity index (χ1v) is 4.26. The Morgan fingerprint density at radius 1 is 1.30 bits per heavy atom. The fraction of sp³-hybridized carbons (Fsp3) is 0.889. The van der Waals surface area contributed by atoms with Crippen LogP contribution in [-0.4, -0.2) is 12.2 Å². The van der Waals surface area contributed by atoms with Crippen LogP contribution >= 0.6 is 0 Å². The van der Waals surface area contributed by atoms with E-state index in [0.717, 1.165) is 19.4 Å². The van der Waals surface area contributed by atoms with Gasteiger partial charge in [0.2, 0.25) is 0 Å². The Bertz CT molecular complexity index is 87.4. The minimum Gasteiger partial charge on any atom is -0.375 e. The summed E-state index contributed by atoms with van der Waals surface area (Å²) in [6.07, 6.45) is 6.26. The topological polar surface area (TPSA) is 9.23 Å². The fourth-order valence-electron chi connectivity index (χ4n) is 1.65. The molecule has 1 radical (unpaired) electrons. The molecular weight excluding hydrogens is 124 g/mol. The Morgan fingerprint density at radius 2 is 1.90 bits per heavy atom. The van der Waals surface area contributed by atoms with Crippen LogP contribution in [0.5, 0.6) is 0 Å². The summed E-state index contributed by atoms with van der Waals surface area (Å²) in [7, 11) is 0. The van der Waals surface area contributed by atoms with E-state index in [1.807, 2.05) is 6.92 Å². The highest BCUT2D eigenvalue weighted by atomic mass is 16.5. The molecule has 1 fully saturated rings. The Kier molecular flexibility index (Phi) is 2.72. The molecule has 0 aliphatic heterocycles. The van der Waals surface area contributed by atoms with Crippen molar-refractivity contribution in [2.45, 2.75) is 44.6 Å². The van der Waals surface area contributed by atoms with Crippen molar-refractivity contribution in [3.63, 3.8) is 0 Å². The Morgan fingerprint density at radius 3 is 2.40 bits per heavy atom. The minimum absolute atomic E-state index is 0.0208. The van der Waals surface area contributed by atoms with Crippen LogP contribution in [0, 0.1) is 6.92 Å². The molecule has 0 aromatic heterocycles.